The molecular weight excluding hydrogens is 384 g/mol. The SMILES string of the molecule is CC(C)COc1ccc(/C=C(\C#N)C(=O)Nc2cccc(Cl)c2)c2ccccc12. The number of fused-ring (bicyclic) bond motifs is 1. The van der Waals surface area contributed by atoms with Crippen LogP contribution in [0, 0.1) is 17.2 Å². The van der Waals surface area contributed by atoms with Gasteiger partial charge < -0.3 is 10.1 Å². The monoisotopic (exact) mass is 404 g/mol. The molecule has 0 saturated heterocycles. The number of halogens is 1. The van der Waals surface area contributed by atoms with Crippen LogP contribution < -0.4 is 10.1 Å². The van der Waals surface area contributed by atoms with E-state index in [4.69, 9.17) is 16.3 Å². The van der Waals surface area contributed by atoms with Crippen LogP contribution >= 0.6 is 11.6 Å². The second-order valence-corrected chi connectivity index (χ2v) is 7.47. The highest BCUT2D eigenvalue weighted by atomic mass is 35.5. The van der Waals surface area contributed by atoms with E-state index in [2.05, 4.69) is 19.2 Å². The first-order valence-corrected chi connectivity index (χ1v) is 9.69. The van der Waals surface area contributed by atoms with Crippen molar-refractivity contribution in [1.82, 2.24) is 0 Å². The summed E-state index contributed by atoms with van der Waals surface area (Å²) in [4.78, 5) is 12.6. The summed E-state index contributed by atoms with van der Waals surface area (Å²) in [6.07, 6.45) is 1.59. The van der Waals surface area contributed by atoms with E-state index in [0.29, 0.717) is 23.2 Å². The van der Waals surface area contributed by atoms with Crippen molar-refractivity contribution in [3.8, 4) is 11.8 Å². The van der Waals surface area contributed by atoms with Crippen LogP contribution in [0.2, 0.25) is 5.02 Å². The smallest absolute Gasteiger partial charge is 0.266 e. The van der Waals surface area contributed by atoms with Crippen molar-refractivity contribution in [2.45, 2.75) is 13.8 Å². The van der Waals surface area contributed by atoms with Crippen LogP contribution in [0.3, 0.4) is 0 Å². The Bertz CT molecular complexity index is 1110. The Balaban J connectivity index is 1.94. The summed E-state index contributed by atoms with van der Waals surface area (Å²) in [6.45, 7) is 4.80. The van der Waals surface area contributed by atoms with Gasteiger partial charge in [0.15, 0.2) is 0 Å². The van der Waals surface area contributed by atoms with Crippen LogP contribution in [0.4, 0.5) is 5.69 Å². The van der Waals surface area contributed by atoms with Gasteiger partial charge in [0, 0.05) is 16.1 Å². The van der Waals surface area contributed by atoms with E-state index < -0.39 is 5.91 Å². The van der Waals surface area contributed by atoms with Crippen molar-refractivity contribution in [1.29, 1.82) is 5.26 Å². The van der Waals surface area contributed by atoms with Crippen LogP contribution in [-0.4, -0.2) is 12.5 Å². The number of carbonyl (C=O) groups is 1. The molecule has 0 aliphatic rings. The van der Waals surface area contributed by atoms with Crippen molar-refractivity contribution < 1.29 is 9.53 Å². The number of hydrogen-bond donors (Lipinski definition) is 1. The highest BCUT2D eigenvalue weighted by Crippen LogP contribution is 2.30. The third kappa shape index (κ3) is 5.16. The van der Waals surface area contributed by atoms with Gasteiger partial charge >= 0.3 is 0 Å². The Morgan fingerprint density at radius 3 is 2.59 bits per heavy atom. The third-order valence-corrected chi connectivity index (χ3v) is 4.47. The summed E-state index contributed by atoms with van der Waals surface area (Å²) in [6, 6.07) is 20.3. The lowest BCUT2D eigenvalue weighted by Gasteiger charge is -2.13. The molecule has 3 aromatic rings. The lowest BCUT2D eigenvalue weighted by atomic mass is 10.0. The Morgan fingerprint density at radius 2 is 1.90 bits per heavy atom. The molecular formula is C24H21ClN2O2. The number of anilines is 1. The van der Waals surface area contributed by atoms with Gasteiger partial charge in [-0.25, -0.2) is 0 Å². The fourth-order valence-electron chi connectivity index (χ4n) is 2.87. The van der Waals surface area contributed by atoms with Crippen LogP contribution in [-0.2, 0) is 4.79 Å². The summed E-state index contributed by atoms with van der Waals surface area (Å²) in [7, 11) is 0. The molecule has 0 atom stereocenters. The molecule has 0 aromatic heterocycles. The summed E-state index contributed by atoms with van der Waals surface area (Å²) in [5.74, 6) is 0.709. The van der Waals surface area contributed by atoms with Crippen molar-refractivity contribution in [3.63, 3.8) is 0 Å². The van der Waals surface area contributed by atoms with E-state index in [1.807, 2.05) is 42.5 Å². The van der Waals surface area contributed by atoms with Gasteiger partial charge in [0.1, 0.15) is 17.4 Å². The molecule has 0 bridgehead atoms. The normalized spacial score (nSPS) is 11.3. The van der Waals surface area contributed by atoms with Gasteiger partial charge in [0.2, 0.25) is 0 Å². The fourth-order valence-corrected chi connectivity index (χ4v) is 3.06. The molecule has 0 unspecified atom stereocenters. The minimum atomic E-state index is -0.487. The van der Waals surface area contributed by atoms with E-state index in [1.165, 1.54) is 0 Å². The first kappa shape index (κ1) is 20.4. The summed E-state index contributed by atoms with van der Waals surface area (Å²) in [5, 5.41) is 14.6. The lowest BCUT2D eigenvalue weighted by Crippen LogP contribution is -2.13. The van der Waals surface area contributed by atoms with Gasteiger partial charge in [-0.1, -0.05) is 61.8 Å². The van der Waals surface area contributed by atoms with E-state index >= 15 is 0 Å². The molecule has 0 spiro atoms. The first-order valence-electron chi connectivity index (χ1n) is 9.31. The number of amides is 1. The molecule has 4 nitrogen and oxygen atoms in total. The fraction of sp³-hybridized carbons (Fsp3) is 0.167. The Hall–Kier alpha value is -3.29. The molecule has 146 valence electrons. The maximum atomic E-state index is 12.6. The minimum absolute atomic E-state index is 0.00553. The van der Waals surface area contributed by atoms with E-state index in [1.54, 1.807) is 30.3 Å². The molecule has 0 fully saturated rings. The second-order valence-electron chi connectivity index (χ2n) is 7.04. The van der Waals surface area contributed by atoms with E-state index in [0.717, 1.165) is 22.1 Å². The lowest BCUT2D eigenvalue weighted by molar-refractivity contribution is -0.112. The molecule has 0 saturated carbocycles. The predicted molar refractivity (Wildman–Crippen MR) is 118 cm³/mol. The molecule has 3 aromatic carbocycles. The van der Waals surface area contributed by atoms with Crippen molar-refractivity contribution in [2.24, 2.45) is 5.92 Å². The number of ether oxygens (including phenoxy) is 1. The highest BCUT2D eigenvalue weighted by molar-refractivity contribution is 6.31. The van der Waals surface area contributed by atoms with Crippen molar-refractivity contribution >= 4 is 40.0 Å². The summed E-state index contributed by atoms with van der Waals surface area (Å²) in [5.41, 5.74) is 1.31. The molecule has 1 amide bonds. The average Bonchev–Trinajstić information content (AvgIpc) is 2.70. The Morgan fingerprint density at radius 1 is 1.14 bits per heavy atom. The van der Waals surface area contributed by atoms with Gasteiger partial charge in [-0.2, -0.15) is 5.26 Å². The summed E-state index contributed by atoms with van der Waals surface area (Å²) < 4.78 is 5.93. The molecule has 0 aliphatic heterocycles. The molecule has 0 aliphatic carbocycles. The molecule has 3 rings (SSSR count). The van der Waals surface area contributed by atoms with Crippen LogP contribution in [0.25, 0.3) is 16.8 Å². The highest BCUT2D eigenvalue weighted by Gasteiger charge is 2.12. The number of rotatable bonds is 6. The number of nitrogens with zero attached hydrogens (tertiary/aromatic N) is 1. The zero-order valence-electron chi connectivity index (χ0n) is 16.3. The molecule has 29 heavy (non-hydrogen) atoms. The van der Waals surface area contributed by atoms with Crippen LogP contribution in [0.5, 0.6) is 5.75 Å². The standard InChI is InChI=1S/C24H21ClN2O2/c1-16(2)15-29-23-11-10-17(21-8-3-4-9-22(21)23)12-18(14-26)24(28)27-20-7-5-6-19(25)13-20/h3-13,16H,15H2,1-2H3,(H,27,28)/b18-12+. The number of nitrogens with one attached hydrogen (secondary N) is 1. The number of nitriles is 1. The number of benzene rings is 3. The first-order chi connectivity index (χ1) is 14.0. The average molecular weight is 405 g/mol. The van der Waals surface area contributed by atoms with Crippen molar-refractivity contribution in [3.05, 3.63) is 76.8 Å². The quantitative estimate of drug-likeness (QED) is 0.400. The predicted octanol–water partition coefficient (Wildman–Crippen LogP) is 6.07. The molecule has 0 radical (unpaired) electrons. The minimum Gasteiger partial charge on any atom is -0.493 e. The summed E-state index contributed by atoms with van der Waals surface area (Å²) >= 11 is 5.95. The van der Waals surface area contributed by atoms with Crippen molar-refractivity contribution in [2.75, 3.05) is 11.9 Å². The second kappa shape index (κ2) is 9.27. The Kier molecular flexibility index (Phi) is 6.54. The molecule has 0 heterocycles. The van der Waals surface area contributed by atoms with Crippen LogP contribution in [0.15, 0.2) is 66.2 Å². The molecule has 1 N–H and O–H groups in total. The zero-order chi connectivity index (χ0) is 20.8. The maximum absolute atomic E-state index is 12.6. The zero-order valence-corrected chi connectivity index (χ0v) is 17.0. The van der Waals surface area contributed by atoms with E-state index in [9.17, 15) is 10.1 Å². The third-order valence-electron chi connectivity index (χ3n) is 4.24. The largest absolute Gasteiger partial charge is 0.493 e. The molecule has 5 heteroatoms. The van der Waals surface area contributed by atoms with Gasteiger partial charge in [-0.15, -0.1) is 0 Å². The van der Waals surface area contributed by atoms with Gasteiger partial charge in [-0.3, -0.25) is 4.79 Å². The van der Waals surface area contributed by atoms with Crippen LogP contribution in [0.1, 0.15) is 19.4 Å². The van der Waals surface area contributed by atoms with Gasteiger partial charge in [0.25, 0.3) is 5.91 Å². The number of carbonyl (C=O) groups excluding carboxylic acids is 1. The Labute approximate surface area is 175 Å². The number of hydrogen-bond acceptors (Lipinski definition) is 3. The van der Waals surface area contributed by atoms with Gasteiger partial charge in [-0.05, 0) is 47.2 Å². The van der Waals surface area contributed by atoms with E-state index in [-0.39, 0.29) is 5.57 Å². The van der Waals surface area contributed by atoms with Gasteiger partial charge in [0.05, 0.1) is 6.61 Å². The topological polar surface area (TPSA) is 62.1 Å². The maximum Gasteiger partial charge on any atom is 0.266 e.